The molecule has 0 saturated carbocycles. The van der Waals surface area contributed by atoms with E-state index >= 15 is 0 Å². The maximum absolute atomic E-state index is 10.4. The molecule has 0 aromatic carbocycles. The van der Waals surface area contributed by atoms with Gasteiger partial charge in [0.15, 0.2) is 0 Å². The van der Waals surface area contributed by atoms with E-state index in [1.807, 2.05) is 19.1 Å². The SMILES string of the molecule is CC1=C2C=C(/C(C)=C/C=C\C(C)=C\C=O)CC2(C)CCC1. The fourth-order valence-corrected chi connectivity index (χ4v) is 3.52. The van der Waals surface area contributed by atoms with Gasteiger partial charge in [-0.15, -0.1) is 0 Å². The number of hydrogen-bond acceptors (Lipinski definition) is 1. The van der Waals surface area contributed by atoms with E-state index < -0.39 is 0 Å². The first-order chi connectivity index (χ1) is 9.96. The van der Waals surface area contributed by atoms with Crippen molar-refractivity contribution in [1.29, 1.82) is 0 Å². The molecule has 0 aromatic heterocycles. The van der Waals surface area contributed by atoms with Gasteiger partial charge in [0, 0.05) is 0 Å². The van der Waals surface area contributed by atoms with Crippen LogP contribution < -0.4 is 0 Å². The van der Waals surface area contributed by atoms with Crippen molar-refractivity contribution in [3.63, 3.8) is 0 Å². The van der Waals surface area contributed by atoms with E-state index in [1.165, 1.54) is 36.8 Å². The van der Waals surface area contributed by atoms with Gasteiger partial charge in [-0.25, -0.2) is 0 Å². The zero-order chi connectivity index (χ0) is 15.5. The molecule has 2 aliphatic rings. The van der Waals surface area contributed by atoms with Crippen LogP contribution in [0, 0.1) is 5.41 Å². The van der Waals surface area contributed by atoms with Crippen LogP contribution in [0.1, 0.15) is 53.4 Å². The van der Waals surface area contributed by atoms with E-state index in [-0.39, 0.29) is 0 Å². The quantitative estimate of drug-likeness (QED) is 0.379. The van der Waals surface area contributed by atoms with Gasteiger partial charge < -0.3 is 0 Å². The van der Waals surface area contributed by atoms with Crippen molar-refractivity contribution in [3.05, 3.63) is 58.2 Å². The Balaban J connectivity index is 2.17. The van der Waals surface area contributed by atoms with E-state index in [2.05, 4.69) is 32.9 Å². The van der Waals surface area contributed by atoms with Crippen molar-refractivity contribution in [2.75, 3.05) is 0 Å². The molecule has 21 heavy (non-hydrogen) atoms. The minimum atomic E-state index is 0.365. The second-order valence-electron chi connectivity index (χ2n) is 6.71. The van der Waals surface area contributed by atoms with Crippen molar-refractivity contribution >= 4 is 6.29 Å². The van der Waals surface area contributed by atoms with Gasteiger partial charge in [0.1, 0.15) is 6.29 Å². The number of rotatable bonds is 4. The second-order valence-corrected chi connectivity index (χ2v) is 6.71. The van der Waals surface area contributed by atoms with Crippen LogP contribution in [0.25, 0.3) is 0 Å². The molecule has 0 aliphatic heterocycles. The molecule has 0 fully saturated rings. The highest BCUT2D eigenvalue weighted by Gasteiger charge is 2.37. The Morgan fingerprint density at radius 1 is 1.29 bits per heavy atom. The fraction of sp³-hybridized carbons (Fsp3) is 0.450. The second kappa shape index (κ2) is 6.43. The molecule has 1 heteroatoms. The summed E-state index contributed by atoms with van der Waals surface area (Å²) in [5.74, 6) is 0. The molecule has 2 aliphatic carbocycles. The molecule has 0 amide bonds. The van der Waals surface area contributed by atoms with Gasteiger partial charge in [-0.3, -0.25) is 4.79 Å². The van der Waals surface area contributed by atoms with Crippen molar-refractivity contribution in [2.24, 2.45) is 5.41 Å². The molecule has 2 rings (SSSR count). The smallest absolute Gasteiger partial charge is 0.143 e. The Morgan fingerprint density at radius 2 is 2.05 bits per heavy atom. The lowest BCUT2D eigenvalue weighted by atomic mass is 9.72. The number of fused-ring (bicyclic) bond motifs is 1. The molecule has 0 bridgehead atoms. The van der Waals surface area contributed by atoms with E-state index in [9.17, 15) is 4.79 Å². The van der Waals surface area contributed by atoms with Crippen LogP contribution in [0.2, 0.25) is 0 Å². The van der Waals surface area contributed by atoms with Crippen LogP contribution in [0.5, 0.6) is 0 Å². The normalized spacial score (nSPS) is 27.1. The van der Waals surface area contributed by atoms with Gasteiger partial charge in [0.2, 0.25) is 0 Å². The van der Waals surface area contributed by atoms with Crippen LogP contribution in [-0.2, 0) is 4.79 Å². The maximum atomic E-state index is 10.4. The molecule has 0 radical (unpaired) electrons. The van der Waals surface area contributed by atoms with Crippen LogP contribution in [-0.4, -0.2) is 6.29 Å². The fourth-order valence-electron chi connectivity index (χ4n) is 3.52. The first kappa shape index (κ1) is 15.8. The standard InChI is InChI=1S/C20H26O/c1-15(10-12-21)7-5-8-16(2)18-13-19-17(3)9-6-11-20(19,4)14-18/h5,7-8,10,12-13H,6,9,11,14H2,1-4H3/b7-5-,15-10+,16-8+. The molecule has 0 aromatic rings. The minimum absolute atomic E-state index is 0.365. The summed E-state index contributed by atoms with van der Waals surface area (Å²) in [4.78, 5) is 10.4. The van der Waals surface area contributed by atoms with E-state index in [1.54, 1.807) is 17.2 Å². The zero-order valence-electron chi connectivity index (χ0n) is 13.7. The molecule has 0 heterocycles. The molecule has 0 N–H and O–H groups in total. The van der Waals surface area contributed by atoms with Gasteiger partial charge in [-0.05, 0) is 80.2 Å². The summed E-state index contributed by atoms with van der Waals surface area (Å²) in [5.41, 5.74) is 7.30. The van der Waals surface area contributed by atoms with Gasteiger partial charge in [0.25, 0.3) is 0 Å². The highest BCUT2D eigenvalue weighted by Crippen LogP contribution is 2.51. The molecule has 0 spiro atoms. The summed E-state index contributed by atoms with van der Waals surface area (Å²) >= 11 is 0. The molecule has 1 atom stereocenters. The average Bonchev–Trinajstić information content (AvgIpc) is 2.78. The summed E-state index contributed by atoms with van der Waals surface area (Å²) in [6, 6.07) is 0. The Morgan fingerprint density at radius 3 is 2.71 bits per heavy atom. The maximum Gasteiger partial charge on any atom is 0.143 e. The third-order valence-corrected chi connectivity index (χ3v) is 4.83. The minimum Gasteiger partial charge on any atom is -0.299 e. The third-order valence-electron chi connectivity index (χ3n) is 4.83. The van der Waals surface area contributed by atoms with Crippen molar-refractivity contribution in [1.82, 2.24) is 0 Å². The summed E-state index contributed by atoms with van der Waals surface area (Å²) in [6.07, 6.45) is 16.1. The third kappa shape index (κ3) is 3.53. The lowest BCUT2D eigenvalue weighted by molar-refractivity contribution is -0.104. The lowest BCUT2D eigenvalue weighted by Crippen LogP contribution is -2.19. The van der Waals surface area contributed by atoms with Gasteiger partial charge in [-0.2, -0.15) is 0 Å². The number of aldehydes is 1. The zero-order valence-corrected chi connectivity index (χ0v) is 13.7. The topological polar surface area (TPSA) is 17.1 Å². The number of hydrogen-bond donors (Lipinski definition) is 0. The summed E-state index contributed by atoms with van der Waals surface area (Å²) in [5, 5.41) is 0. The summed E-state index contributed by atoms with van der Waals surface area (Å²) in [7, 11) is 0. The Bertz CT molecular complexity index is 581. The summed E-state index contributed by atoms with van der Waals surface area (Å²) < 4.78 is 0. The van der Waals surface area contributed by atoms with Gasteiger partial charge in [0.05, 0.1) is 0 Å². The molecule has 0 saturated heterocycles. The van der Waals surface area contributed by atoms with Crippen LogP contribution in [0.3, 0.4) is 0 Å². The number of carbonyl (C=O) groups is 1. The van der Waals surface area contributed by atoms with Gasteiger partial charge in [-0.1, -0.05) is 36.8 Å². The number of allylic oxidation sites excluding steroid dienone is 10. The first-order valence-corrected chi connectivity index (χ1v) is 7.84. The molecule has 1 nitrogen and oxygen atoms in total. The van der Waals surface area contributed by atoms with Crippen LogP contribution in [0.15, 0.2) is 58.2 Å². The molecule has 1 unspecified atom stereocenters. The monoisotopic (exact) mass is 282 g/mol. The Kier molecular flexibility index (Phi) is 4.82. The predicted molar refractivity (Wildman–Crippen MR) is 90.1 cm³/mol. The first-order valence-electron chi connectivity index (χ1n) is 7.84. The Hall–Kier alpha value is -1.63. The van der Waals surface area contributed by atoms with Gasteiger partial charge >= 0.3 is 0 Å². The highest BCUT2D eigenvalue weighted by atomic mass is 16.1. The van der Waals surface area contributed by atoms with E-state index in [0.717, 1.165) is 11.9 Å². The number of carbonyl (C=O) groups excluding carboxylic acids is 1. The lowest BCUT2D eigenvalue weighted by Gasteiger charge is -2.32. The van der Waals surface area contributed by atoms with E-state index in [4.69, 9.17) is 0 Å². The van der Waals surface area contributed by atoms with Crippen molar-refractivity contribution in [3.8, 4) is 0 Å². The largest absolute Gasteiger partial charge is 0.299 e. The van der Waals surface area contributed by atoms with Crippen molar-refractivity contribution in [2.45, 2.75) is 53.4 Å². The van der Waals surface area contributed by atoms with Crippen LogP contribution in [0.4, 0.5) is 0 Å². The van der Waals surface area contributed by atoms with E-state index in [0.29, 0.717) is 5.41 Å². The Labute approximate surface area is 128 Å². The highest BCUT2D eigenvalue weighted by molar-refractivity contribution is 5.67. The summed E-state index contributed by atoms with van der Waals surface area (Å²) in [6.45, 7) is 8.82. The average molecular weight is 282 g/mol. The predicted octanol–water partition coefficient (Wildman–Crippen LogP) is 5.47. The molecular weight excluding hydrogens is 256 g/mol. The van der Waals surface area contributed by atoms with Crippen LogP contribution >= 0.6 is 0 Å². The molecule has 112 valence electrons. The van der Waals surface area contributed by atoms with Crippen molar-refractivity contribution < 1.29 is 4.79 Å². The molecular formula is C20H26O.